The summed E-state index contributed by atoms with van der Waals surface area (Å²) in [6, 6.07) is 0. The Labute approximate surface area is 139 Å². The van der Waals surface area contributed by atoms with Gasteiger partial charge >= 0.3 is 0 Å². The van der Waals surface area contributed by atoms with Crippen LogP contribution in [-0.2, 0) is 19.6 Å². The first kappa shape index (κ1) is 16.7. The molecule has 2 aliphatic rings. The molecule has 0 radical (unpaired) electrons. The van der Waals surface area contributed by atoms with Gasteiger partial charge in [0.25, 0.3) is 10.0 Å². The Morgan fingerprint density at radius 3 is 2.57 bits per heavy atom. The maximum atomic E-state index is 12.5. The van der Waals surface area contributed by atoms with E-state index in [2.05, 4.69) is 15.5 Å². The van der Waals surface area contributed by atoms with E-state index in [1.807, 2.05) is 0 Å². The minimum atomic E-state index is -3.65. The standard InChI is InChI=1S/C13H20N4O4S2/c18-11(10-4-2-1-3-5-10)14-12-15-16-13(22-12)23(19,20)17-6-8-21-9-7-17/h10H,1-9H2,(H,14,15,18). The fraction of sp³-hybridized carbons (Fsp3) is 0.769. The molecule has 8 nitrogen and oxygen atoms in total. The molecule has 10 heteroatoms. The number of ether oxygens (including phenoxy) is 1. The molecule has 3 rings (SSSR count). The van der Waals surface area contributed by atoms with Crippen LogP contribution in [0, 0.1) is 5.92 Å². The Morgan fingerprint density at radius 1 is 1.17 bits per heavy atom. The molecular formula is C13H20N4O4S2. The van der Waals surface area contributed by atoms with Gasteiger partial charge in [0, 0.05) is 19.0 Å². The number of anilines is 1. The first-order chi connectivity index (χ1) is 11.1. The highest BCUT2D eigenvalue weighted by atomic mass is 32.2. The molecule has 1 aromatic rings. The summed E-state index contributed by atoms with van der Waals surface area (Å²) in [5, 5.41) is 10.5. The predicted octanol–water partition coefficient (Wildman–Crippen LogP) is 1.08. The minimum Gasteiger partial charge on any atom is -0.379 e. The Morgan fingerprint density at radius 2 is 1.87 bits per heavy atom. The number of hydrogen-bond donors (Lipinski definition) is 1. The van der Waals surface area contributed by atoms with Crippen molar-refractivity contribution in [3.05, 3.63) is 0 Å². The van der Waals surface area contributed by atoms with Gasteiger partial charge in [-0.1, -0.05) is 30.6 Å². The van der Waals surface area contributed by atoms with Crippen molar-refractivity contribution in [2.24, 2.45) is 5.92 Å². The van der Waals surface area contributed by atoms with Crippen molar-refractivity contribution in [2.45, 2.75) is 36.4 Å². The van der Waals surface area contributed by atoms with Gasteiger partial charge in [0.15, 0.2) is 0 Å². The van der Waals surface area contributed by atoms with E-state index >= 15 is 0 Å². The van der Waals surface area contributed by atoms with Gasteiger partial charge in [-0.3, -0.25) is 4.79 Å². The third kappa shape index (κ3) is 3.87. The van der Waals surface area contributed by atoms with E-state index in [1.54, 1.807) is 0 Å². The first-order valence-electron chi connectivity index (χ1n) is 7.79. The molecule has 1 saturated carbocycles. The van der Waals surface area contributed by atoms with Crippen LogP contribution in [-0.4, -0.2) is 55.1 Å². The quantitative estimate of drug-likeness (QED) is 0.806. The number of nitrogens with one attached hydrogen (secondary N) is 1. The zero-order valence-electron chi connectivity index (χ0n) is 12.7. The number of nitrogens with zero attached hydrogens (tertiary/aromatic N) is 3. The molecule has 1 amide bonds. The van der Waals surface area contributed by atoms with E-state index in [0.717, 1.165) is 37.0 Å². The zero-order chi connectivity index (χ0) is 16.3. The summed E-state index contributed by atoms with van der Waals surface area (Å²) in [6.45, 7) is 1.38. The van der Waals surface area contributed by atoms with Crippen molar-refractivity contribution in [2.75, 3.05) is 31.6 Å². The van der Waals surface area contributed by atoms with E-state index in [-0.39, 0.29) is 21.3 Å². The van der Waals surface area contributed by atoms with Crippen molar-refractivity contribution >= 4 is 32.4 Å². The maximum absolute atomic E-state index is 12.5. The van der Waals surface area contributed by atoms with Crippen LogP contribution in [0.1, 0.15) is 32.1 Å². The lowest BCUT2D eigenvalue weighted by atomic mass is 9.89. The maximum Gasteiger partial charge on any atom is 0.272 e. The Bertz CT molecular complexity index is 649. The molecule has 1 aromatic heterocycles. The summed E-state index contributed by atoms with van der Waals surface area (Å²) in [7, 11) is -3.65. The van der Waals surface area contributed by atoms with Crippen molar-refractivity contribution in [1.82, 2.24) is 14.5 Å². The van der Waals surface area contributed by atoms with E-state index in [4.69, 9.17) is 4.74 Å². The Hall–Kier alpha value is -1.10. The topological polar surface area (TPSA) is 101 Å². The van der Waals surface area contributed by atoms with Gasteiger partial charge in [-0.05, 0) is 12.8 Å². The lowest BCUT2D eigenvalue weighted by molar-refractivity contribution is -0.120. The molecule has 0 unspecified atom stereocenters. The molecule has 1 saturated heterocycles. The van der Waals surface area contributed by atoms with Crippen LogP contribution >= 0.6 is 11.3 Å². The molecule has 0 bridgehead atoms. The lowest BCUT2D eigenvalue weighted by Gasteiger charge is -2.24. The van der Waals surface area contributed by atoms with E-state index in [1.165, 1.54) is 10.7 Å². The van der Waals surface area contributed by atoms with Crippen LogP contribution < -0.4 is 5.32 Å². The number of carbonyl (C=O) groups excluding carboxylic acids is 1. The summed E-state index contributed by atoms with van der Waals surface area (Å²) in [5.41, 5.74) is 0. The summed E-state index contributed by atoms with van der Waals surface area (Å²) in [5.74, 6) is -0.0943. The molecule has 23 heavy (non-hydrogen) atoms. The molecule has 1 aliphatic heterocycles. The van der Waals surface area contributed by atoms with Gasteiger partial charge in [0.05, 0.1) is 13.2 Å². The average Bonchev–Trinajstić information content (AvgIpc) is 3.06. The van der Waals surface area contributed by atoms with Crippen molar-refractivity contribution < 1.29 is 17.9 Å². The van der Waals surface area contributed by atoms with E-state index < -0.39 is 10.0 Å². The number of carbonyl (C=O) groups is 1. The molecule has 2 fully saturated rings. The molecule has 1 N–H and O–H groups in total. The van der Waals surface area contributed by atoms with Gasteiger partial charge in [-0.15, -0.1) is 10.2 Å². The van der Waals surface area contributed by atoms with Gasteiger partial charge in [-0.2, -0.15) is 4.31 Å². The van der Waals surface area contributed by atoms with Crippen LogP contribution in [0.3, 0.4) is 0 Å². The molecule has 0 atom stereocenters. The summed E-state index contributed by atoms with van der Waals surface area (Å²) >= 11 is 0.901. The van der Waals surface area contributed by atoms with Gasteiger partial charge in [-0.25, -0.2) is 8.42 Å². The first-order valence-corrected chi connectivity index (χ1v) is 10.1. The van der Waals surface area contributed by atoms with Crippen molar-refractivity contribution in [3.8, 4) is 0 Å². The number of amides is 1. The zero-order valence-corrected chi connectivity index (χ0v) is 14.4. The number of morpholine rings is 1. The Kier molecular flexibility index (Phi) is 5.24. The highest BCUT2D eigenvalue weighted by Gasteiger charge is 2.30. The smallest absolute Gasteiger partial charge is 0.272 e. The molecule has 0 spiro atoms. The van der Waals surface area contributed by atoms with Crippen molar-refractivity contribution in [3.63, 3.8) is 0 Å². The highest BCUT2D eigenvalue weighted by Crippen LogP contribution is 2.27. The fourth-order valence-electron chi connectivity index (χ4n) is 2.83. The lowest BCUT2D eigenvalue weighted by Crippen LogP contribution is -2.40. The van der Waals surface area contributed by atoms with E-state index in [0.29, 0.717) is 26.3 Å². The highest BCUT2D eigenvalue weighted by molar-refractivity contribution is 7.91. The molecule has 1 aliphatic carbocycles. The number of rotatable bonds is 4. The molecule has 0 aromatic carbocycles. The van der Waals surface area contributed by atoms with E-state index in [9.17, 15) is 13.2 Å². The third-order valence-electron chi connectivity index (χ3n) is 4.14. The summed E-state index contributed by atoms with van der Waals surface area (Å²) < 4.78 is 31.3. The van der Waals surface area contributed by atoms with Crippen LogP contribution in [0.5, 0.6) is 0 Å². The summed E-state index contributed by atoms with van der Waals surface area (Å²) in [6.07, 6.45) is 5.05. The Balaban J connectivity index is 1.66. The predicted molar refractivity (Wildman–Crippen MR) is 84.7 cm³/mol. The minimum absolute atomic E-state index is 0.00745. The van der Waals surface area contributed by atoms with Crippen LogP contribution in [0.15, 0.2) is 4.34 Å². The molecular weight excluding hydrogens is 340 g/mol. The second-order valence-corrected chi connectivity index (χ2v) is 8.80. The van der Waals surface area contributed by atoms with Gasteiger partial charge in [0.2, 0.25) is 15.4 Å². The second-order valence-electron chi connectivity index (χ2n) is 5.71. The second kappa shape index (κ2) is 7.20. The summed E-state index contributed by atoms with van der Waals surface area (Å²) in [4.78, 5) is 12.2. The van der Waals surface area contributed by atoms with Gasteiger partial charge in [0.1, 0.15) is 0 Å². The number of sulfonamides is 1. The number of hydrogen-bond acceptors (Lipinski definition) is 7. The largest absolute Gasteiger partial charge is 0.379 e. The van der Waals surface area contributed by atoms with Crippen molar-refractivity contribution in [1.29, 1.82) is 0 Å². The van der Waals surface area contributed by atoms with Crippen LogP contribution in [0.4, 0.5) is 5.13 Å². The van der Waals surface area contributed by atoms with Crippen LogP contribution in [0.25, 0.3) is 0 Å². The van der Waals surface area contributed by atoms with Crippen LogP contribution in [0.2, 0.25) is 0 Å². The average molecular weight is 360 g/mol. The molecule has 128 valence electrons. The normalized spacial score (nSPS) is 21.2. The number of aromatic nitrogens is 2. The fourth-order valence-corrected chi connectivity index (χ4v) is 5.28. The molecule has 2 heterocycles. The van der Waals surface area contributed by atoms with Gasteiger partial charge < -0.3 is 10.1 Å². The third-order valence-corrected chi connectivity index (χ3v) is 7.23. The SMILES string of the molecule is O=C(Nc1nnc(S(=O)(=O)N2CCOCC2)s1)C1CCCCC1. The monoisotopic (exact) mass is 360 g/mol.